The summed E-state index contributed by atoms with van der Waals surface area (Å²) in [4.78, 5) is 12.9. The Bertz CT molecular complexity index is 558. The predicted octanol–water partition coefficient (Wildman–Crippen LogP) is 3.73. The maximum Gasteiger partial charge on any atom is 0.319 e. The van der Waals surface area contributed by atoms with Gasteiger partial charge in [-0.05, 0) is 29.6 Å². The molecule has 0 aliphatic heterocycles. The van der Waals surface area contributed by atoms with Gasteiger partial charge in [0.2, 0.25) is 0 Å². The third-order valence-corrected chi connectivity index (χ3v) is 3.52. The highest BCUT2D eigenvalue weighted by Gasteiger charge is 2.08. The van der Waals surface area contributed by atoms with Crippen LogP contribution in [0.25, 0.3) is 0 Å². The molecule has 2 amide bonds. The molecule has 0 saturated carbocycles. The number of amides is 2. The third-order valence-electron chi connectivity index (χ3n) is 2.41. The largest absolute Gasteiger partial charge is 0.495 e. The van der Waals surface area contributed by atoms with Crippen LogP contribution in [0.2, 0.25) is 5.02 Å². The zero-order chi connectivity index (χ0) is 13.7. The molecule has 0 radical (unpaired) electrons. The lowest BCUT2D eigenvalue weighted by Gasteiger charge is -2.11. The molecule has 0 spiro atoms. The van der Waals surface area contributed by atoms with E-state index in [1.807, 2.05) is 17.5 Å². The number of rotatable bonds is 4. The molecule has 2 aromatic rings. The Labute approximate surface area is 120 Å². The number of anilines is 1. The van der Waals surface area contributed by atoms with Crippen LogP contribution in [0, 0.1) is 0 Å². The van der Waals surface area contributed by atoms with Crippen molar-refractivity contribution >= 4 is 34.7 Å². The number of methoxy groups -OCH3 is 1. The summed E-state index contributed by atoms with van der Waals surface area (Å²) in [6.45, 7) is 0.492. The van der Waals surface area contributed by atoms with Crippen molar-refractivity contribution in [1.82, 2.24) is 5.32 Å². The lowest BCUT2D eigenvalue weighted by atomic mass is 10.3. The highest BCUT2D eigenvalue weighted by atomic mass is 35.5. The van der Waals surface area contributed by atoms with E-state index in [4.69, 9.17) is 16.3 Å². The Hall–Kier alpha value is -1.72. The Morgan fingerprint density at radius 1 is 1.42 bits per heavy atom. The minimum Gasteiger partial charge on any atom is -0.495 e. The zero-order valence-corrected chi connectivity index (χ0v) is 11.8. The van der Waals surface area contributed by atoms with Crippen LogP contribution in [0.15, 0.2) is 35.7 Å². The van der Waals surface area contributed by atoms with Crippen molar-refractivity contribution in [2.75, 3.05) is 12.4 Å². The first-order chi connectivity index (χ1) is 9.19. The normalized spacial score (nSPS) is 10.0. The monoisotopic (exact) mass is 296 g/mol. The second-order valence-corrected chi connectivity index (χ2v) is 5.20. The molecule has 1 aromatic carbocycles. The number of benzene rings is 1. The van der Waals surface area contributed by atoms with Gasteiger partial charge < -0.3 is 15.4 Å². The van der Waals surface area contributed by atoms with Crippen molar-refractivity contribution in [3.05, 3.63) is 45.6 Å². The summed E-state index contributed by atoms with van der Waals surface area (Å²) in [5.74, 6) is 0.565. The van der Waals surface area contributed by atoms with Gasteiger partial charge >= 0.3 is 6.03 Å². The third kappa shape index (κ3) is 3.87. The molecule has 0 fully saturated rings. The molecule has 0 saturated heterocycles. The van der Waals surface area contributed by atoms with Gasteiger partial charge in [0, 0.05) is 9.90 Å². The van der Waals surface area contributed by atoms with Crippen molar-refractivity contribution < 1.29 is 9.53 Å². The molecule has 6 heteroatoms. The Morgan fingerprint density at radius 3 is 2.95 bits per heavy atom. The molecule has 2 rings (SSSR count). The number of carbonyl (C=O) groups is 1. The van der Waals surface area contributed by atoms with Crippen molar-refractivity contribution in [3.63, 3.8) is 0 Å². The van der Waals surface area contributed by atoms with Gasteiger partial charge in [-0.3, -0.25) is 0 Å². The van der Waals surface area contributed by atoms with E-state index in [1.165, 1.54) is 7.11 Å². The van der Waals surface area contributed by atoms with Gasteiger partial charge in [0.15, 0.2) is 0 Å². The first kappa shape index (κ1) is 13.7. The van der Waals surface area contributed by atoms with Gasteiger partial charge in [-0.15, -0.1) is 11.3 Å². The van der Waals surface area contributed by atoms with Gasteiger partial charge in [-0.2, -0.15) is 0 Å². The summed E-state index contributed by atoms with van der Waals surface area (Å²) in [6, 6.07) is 8.66. The second kappa shape index (κ2) is 6.45. The molecular weight excluding hydrogens is 284 g/mol. The fourth-order valence-corrected chi connectivity index (χ4v) is 2.34. The fraction of sp³-hybridized carbons (Fsp3) is 0.154. The molecule has 2 N–H and O–H groups in total. The first-order valence-corrected chi connectivity index (χ1v) is 6.85. The van der Waals surface area contributed by atoms with Crippen LogP contribution in [-0.2, 0) is 6.54 Å². The fourth-order valence-electron chi connectivity index (χ4n) is 1.52. The van der Waals surface area contributed by atoms with E-state index in [0.29, 0.717) is 23.0 Å². The summed E-state index contributed by atoms with van der Waals surface area (Å²) in [7, 11) is 1.54. The van der Waals surface area contributed by atoms with Crippen LogP contribution < -0.4 is 15.4 Å². The number of hydrogen-bond acceptors (Lipinski definition) is 3. The average Bonchev–Trinajstić information content (AvgIpc) is 2.90. The maximum atomic E-state index is 11.8. The summed E-state index contributed by atoms with van der Waals surface area (Å²) in [5.41, 5.74) is 0.540. The molecular formula is C13H13ClN2O2S. The molecule has 0 aliphatic carbocycles. The van der Waals surface area contributed by atoms with Gasteiger partial charge in [0.25, 0.3) is 0 Å². The van der Waals surface area contributed by atoms with Crippen LogP contribution in [0.3, 0.4) is 0 Å². The molecule has 1 aromatic heterocycles. The van der Waals surface area contributed by atoms with E-state index in [1.54, 1.807) is 29.5 Å². The standard InChI is InChI=1S/C13H13ClN2O2S/c1-18-12-5-4-9(14)7-11(12)16-13(17)15-8-10-3-2-6-19-10/h2-7H,8H2,1H3,(H2,15,16,17). The smallest absolute Gasteiger partial charge is 0.319 e. The van der Waals surface area contributed by atoms with Crippen molar-refractivity contribution in [2.45, 2.75) is 6.54 Å². The number of urea groups is 1. The quantitative estimate of drug-likeness (QED) is 0.903. The van der Waals surface area contributed by atoms with Crippen LogP contribution in [0.4, 0.5) is 10.5 Å². The van der Waals surface area contributed by atoms with Gasteiger partial charge in [0.1, 0.15) is 5.75 Å². The lowest BCUT2D eigenvalue weighted by molar-refractivity contribution is 0.251. The molecule has 0 aliphatic rings. The highest BCUT2D eigenvalue weighted by molar-refractivity contribution is 7.09. The summed E-state index contributed by atoms with van der Waals surface area (Å²) in [5, 5.41) is 7.98. The Kier molecular flexibility index (Phi) is 4.65. The van der Waals surface area contributed by atoms with Gasteiger partial charge in [-0.25, -0.2) is 4.79 Å². The molecule has 1 heterocycles. The summed E-state index contributed by atoms with van der Waals surface area (Å²) >= 11 is 7.48. The number of ether oxygens (including phenoxy) is 1. The molecule has 0 unspecified atom stereocenters. The molecule has 19 heavy (non-hydrogen) atoms. The van der Waals surface area contributed by atoms with Gasteiger partial charge in [0.05, 0.1) is 19.3 Å². The molecule has 0 bridgehead atoms. The van der Waals surface area contributed by atoms with E-state index in [9.17, 15) is 4.79 Å². The first-order valence-electron chi connectivity index (χ1n) is 5.60. The second-order valence-electron chi connectivity index (χ2n) is 3.73. The van der Waals surface area contributed by atoms with E-state index < -0.39 is 0 Å². The predicted molar refractivity (Wildman–Crippen MR) is 78.2 cm³/mol. The SMILES string of the molecule is COc1ccc(Cl)cc1NC(=O)NCc1cccs1. The molecule has 100 valence electrons. The topological polar surface area (TPSA) is 50.4 Å². The van der Waals surface area contributed by atoms with Crippen molar-refractivity contribution in [3.8, 4) is 5.75 Å². The van der Waals surface area contributed by atoms with Crippen LogP contribution in [0.5, 0.6) is 5.75 Å². The van der Waals surface area contributed by atoms with Crippen LogP contribution >= 0.6 is 22.9 Å². The number of thiophene rings is 1. The Balaban J connectivity index is 1.96. The number of halogens is 1. The van der Waals surface area contributed by atoms with Crippen molar-refractivity contribution in [2.24, 2.45) is 0 Å². The van der Waals surface area contributed by atoms with E-state index in [0.717, 1.165) is 4.88 Å². The van der Waals surface area contributed by atoms with E-state index in [2.05, 4.69) is 10.6 Å². The number of nitrogens with one attached hydrogen (secondary N) is 2. The number of hydrogen-bond donors (Lipinski definition) is 2. The zero-order valence-electron chi connectivity index (χ0n) is 10.3. The highest BCUT2D eigenvalue weighted by Crippen LogP contribution is 2.27. The maximum absolute atomic E-state index is 11.8. The summed E-state index contributed by atoms with van der Waals surface area (Å²) in [6.07, 6.45) is 0. The minimum absolute atomic E-state index is 0.297. The van der Waals surface area contributed by atoms with Gasteiger partial charge in [-0.1, -0.05) is 17.7 Å². The Morgan fingerprint density at radius 2 is 2.26 bits per heavy atom. The van der Waals surface area contributed by atoms with Crippen LogP contribution in [0.1, 0.15) is 4.88 Å². The van der Waals surface area contributed by atoms with Crippen molar-refractivity contribution in [1.29, 1.82) is 0 Å². The average molecular weight is 297 g/mol. The van der Waals surface area contributed by atoms with E-state index >= 15 is 0 Å². The lowest BCUT2D eigenvalue weighted by Crippen LogP contribution is -2.28. The minimum atomic E-state index is -0.297. The van der Waals surface area contributed by atoms with Crippen LogP contribution in [-0.4, -0.2) is 13.1 Å². The van der Waals surface area contributed by atoms with E-state index in [-0.39, 0.29) is 6.03 Å². The molecule has 4 nitrogen and oxygen atoms in total. The summed E-state index contributed by atoms with van der Waals surface area (Å²) < 4.78 is 5.15. The number of carbonyl (C=O) groups excluding carboxylic acids is 1. The molecule has 0 atom stereocenters.